The van der Waals surface area contributed by atoms with Crippen molar-refractivity contribution < 1.29 is 8.42 Å². The van der Waals surface area contributed by atoms with E-state index in [2.05, 4.69) is 16.5 Å². The third-order valence-corrected chi connectivity index (χ3v) is 5.39. The number of hydrogen-bond acceptors (Lipinski definition) is 4. The number of nitrogens with one attached hydrogen (secondary N) is 1. The van der Waals surface area contributed by atoms with Crippen LogP contribution in [0.2, 0.25) is 0 Å². The minimum absolute atomic E-state index is 0.123. The van der Waals surface area contributed by atoms with Gasteiger partial charge in [-0.25, -0.2) is 13.1 Å². The minimum Gasteiger partial charge on any atom is -0.399 e. The Bertz CT molecular complexity index is 574. The van der Waals surface area contributed by atoms with Gasteiger partial charge < -0.3 is 10.6 Å². The third-order valence-electron chi connectivity index (χ3n) is 3.80. The van der Waals surface area contributed by atoms with E-state index in [4.69, 9.17) is 5.73 Å². The van der Waals surface area contributed by atoms with E-state index < -0.39 is 10.0 Å². The molecule has 2 rings (SSSR count). The summed E-state index contributed by atoms with van der Waals surface area (Å²) < 4.78 is 27.4. The van der Waals surface area contributed by atoms with Crippen LogP contribution in [0.1, 0.15) is 26.7 Å². The van der Waals surface area contributed by atoms with Gasteiger partial charge >= 0.3 is 0 Å². The van der Waals surface area contributed by atoms with E-state index in [-0.39, 0.29) is 10.9 Å². The van der Waals surface area contributed by atoms with E-state index in [9.17, 15) is 8.42 Å². The van der Waals surface area contributed by atoms with Gasteiger partial charge in [0.25, 0.3) is 0 Å². The van der Waals surface area contributed by atoms with Crippen molar-refractivity contribution in [3.8, 4) is 0 Å². The predicted octanol–water partition coefficient (Wildman–Crippen LogP) is 1.67. The van der Waals surface area contributed by atoms with Crippen LogP contribution in [0.3, 0.4) is 0 Å². The van der Waals surface area contributed by atoms with E-state index in [1.165, 1.54) is 18.9 Å². The number of nitrogens with two attached hydrogens (primary N) is 1. The molecule has 1 aliphatic rings. The second-order valence-electron chi connectivity index (χ2n) is 6.10. The Morgan fingerprint density at radius 1 is 1.48 bits per heavy atom. The first-order chi connectivity index (χ1) is 9.87. The van der Waals surface area contributed by atoms with Gasteiger partial charge in [-0.2, -0.15) is 0 Å². The van der Waals surface area contributed by atoms with Gasteiger partial charge in [-0.3, -0.25) is 0 Å². The molecule has 0 aliphatic carbocycles. The SMILES string of the molecule is CC1CCCN(CC(C)NS(=O)(=O)c2cccc(N)c2)C1. The van der Waals surface area contributed by atoms with Gasteiger partial charge in [-0.15, -0.1) is 0 Å². The summed E-state index contributed by atoms with van der Waals surface area (Å²) in [6, 6.07) is 6.26. The number of nitrogen functional groups attached to an aromatic ring is 1. The first-order valence-corrected chi connectivity index (χ1v) is 8.95. The largest absolute Gasteiger partial charge is 0.399 e. The van der Waals surface area contributed by atoms with E-state index in [0.717, 1.165) is 19.6 Å². The van der Waals surface area contributed by atoms with Crippen molar-refractivity contribution in [3.63, 3.8) is 0 Å². The average Bonchev–Trinajstić information content (AvgIpc) is 2.37. The monoisotopic (exact) mass is 311 g/mol. The molecule has 1 saturated heterocycles. The number of sulfonamides is 1. The summed E-state index contributed by atoms with van der Waals surface area (Å²) in [7, 11) is -3.50. The molecule has 3 N–H and O–H groups in total. The molecule has 1 fully saturated rings. The summed E-state index contributed by atoms with van der Waals surface area (Å²) >= 11 is 0. The van der Waals surface area contributed by atoms with Crippen molar-refractivity contribution in [2.24, 2.45) is 5.92 Å². The molecule has 0 spiro atoms. The maximum atomic E-state index is 12.3. The van der Waals surface area contributed by atoms with E-state index in [1.807, 2.05) is 6.92 Å². The first kappa shape index (κ1) is 16.3. The molecule has 5 nitrogen and oxygen atoms in total. The third kappa shape index (κ3) is 4.69. The Hall–Kier alpha value is -1.11. The highest BCUT2D eigenvalue weighted by atomic mass is 32.2. The molecule has 1 aliphatic heterocycles. The van der Waals surface area contributed by atoms with Crippen LogP contribution in [0.15, 0.2) is 29.2 Å². The van der Waals surface area contributed by atoms with Gasteiger partial charge in [0.15, 0.2) is 0 Å². The molecule has 1 aromatic carbocycles. The topological polar surface area (TPSA) is 75.4 Å². The Morgan fingerprint density at radius 3 is 2.90 bits per heavy atom. The fraction of sp³-hybridized carbons (Fsp3) is 0.600. The highest BCUT2D eigenvalue weighted by molar-refractivity contribution is 7.89. The highest BCUT2D eigenvalue weighted by Crippen LogP contribution is 2.16. The molecule has 0 saturated carbocycles. The van der Waals surface area contributed by atoms with Crippen molar-refractivity contribution in [1.82, 2.24) is 9.62 Å². The Kier molecular flexibility index (Phi) is 5.24. The maximum absolute atomic E-state index is 12.3. The Labute approximate surface area is 127 Å². The number of benzene rings is 1. The van der Waals surface area contributed by atoms with Crippen molar-refractivity contribution in [2.75, 3.05) is 25.4 Å². The quantitative estimate of drug-likeness (QED) is 0.811. The average molecular weight is 311 g/mol. The summed E-state index contributed by atoms with van der Waals surface area (Å²) in [6.45, 7) is 6.99. The molecule has 118 valence electrons. The number of hydrogen-bond donors (Lipinski definition) is 2. The van der Waals surface area contributed by atoms with E-state index >= 15 is 0 Å². The van der Waals surface area contributed by atoms with Crippen LogP contribution < -0.4 is 10.5 Å². The molecule has 21 heavy (non-hydrogen) atoms. The molecule has 0 radical (unpaired) electrons. The molecule has 6 heteroatoms. The first-order valence-electron chi connectivity index (χ1n) is 7.47. The van der Waals surface area contributed by atoms with Crippen LogP contribution >= 0.6 is 0 Å². The van der Waals surface area contributed by atoms with Gasteiger partial charge in [0.1, 0.15) is 0 Å². The standard InChI is InChI=1S/C15H25N3O2S/c1-12-5-4-8-18(10-12)11-13(2)17-21(19,20)15-7-3-6-14(16)9-15/h3,6-7,9,12-13,17H,4-5,8,10-11,16H2,1-2H3. The van der Waals surface area contributed by atoms with Gasteiger partial charge in [-0.1, -0.05) is 13.0 Å². The molecule has 1 heterocycles. The highest BCUT2D eigenvalue weighted by Gasteiger charge is 2.22. The maximum Gasteiger partial charge on any atom is 0.240 e. The van der Waals surface area contributed by atoms with Gasteiger partial charge in [0.2, 0.25) is 10.0 Å². The van der Waals surface area contributed by atoms with Crippen LogP contribution in [0.4, 0.5) is 5.69 Å². The second-order valence-corrected chi connectivity index (χ2v) is 7.82. The lowest BCUT2D eigenvalue weighted by Gasteiger charge is -2.32. The van der Waals surface area contributed by atoms with E-state index in [1.54, 1.807) is 18.2 Å². The number of nitrogens with zero attached hydrogens (tertiary/aromatic N) is 1. The van der Waals surface area contributed by atoms with Crippen molar-refractivity contribution in [1.29, 1.82) is 0 Å². The summed E-state index contributed by atoms with van der Waals surface area (Å²) in [6.07, 6.45) is 2.45. The minimum atomic E-state index is -3.50. The Morgan fingerprint density at radius 2 is 2.24 bits per heavy atom. The van der Waals surface area contributed by atoms with Crippen LogP contribution in [-0.4, -0.2) is 39.0 Å². The lowest BCUT2D eigenvalue weighted by Crippen LogP contribution is -2.45. The van der Waals surface area contributed by atoms with Gasteiger partial charge in [-0.05, 0) is 50.4 Å². The molecular formula is C15H25N3O2S. The fourth-order valence-electron chi connectivity index (χ4n) is 2.89. The molecule has 2 atom stereocenters. The number of anilines is 1. The fourth-order valence-corrected chi connectivity index (χ4v) is 4.18. The molecule has 0 aromatic heterocycles. The molecule has 0 amide bonds. The van der Waals surface area contributed by atoms with E-state index in [0.29, 0.717) is 11.6 Å². The zero-order chi connectivity index (χ0) is 15.5. The predicted molar refractivity (Wildman–Crippen MR) is 85.5 cm³/mol. The van der Waals surface area contributed by atoms with Crippen molar-refractivity contribution in [2.45, 2.75) is 37.6 Å². The molecular weight excluding hydrogens is 286 g/mol. The summed E-state index contributed by atoms with van der Waals surface area (Å²) in [5.74, 6) is 0.691. The number of rotatable bonds is 5. The Balaban J connectivity index is 1.96. The zero-order valence-corrected chi connectivity index (χ0v) is 13.6. The van der Waals surface area contributed by atoms with Crippen LogP contribution in [0.5, 0.6) is 0 Å². The number of likely N-dealkylation sites (tertiary alicyclic amines) is 1. The summed E-state index contributed by atoms with van der Waals surface area (Å²) in [4.78, 5) is 2.56. The van der Waals surface area contributed by atoms with Gasteiger partial charge in [0.05, 0.1) is 4.90 Å². The van der Waals surface area contributed by atoms with Crippen molar-refractivity contribution in [3.05, 3.63) is 24.3 Å². The van der Waals surface area contributed by atoms with Crippen LogP contribution in [0.25, 0.3) is 0 Å². The van der Waals surface area contributed by atoms with Gasteiger partial charge in [0, 0.05) is 24.8 Å². The van der Waals surface area contributed by atoms with Crippen LogP contribution in [-0.2, 0) is 10.0 Å². The number of piperidine rings is 1. The lowest BCUT2D eigenvalue weighted by molar-refractivity contribution is 0.174. The summed E-state index contributed by atoms with van der Waals surface area (Å²) in [5.41, 5.74) is 6.10. The smallest absolute Gasteiger partial charge is 0.240 e. The zero-order valence-electron chi connectivity index (χ0n) is 12.7. The van der Waals surface area contributed by atoms with Crippen LogP contribution in [0, 0.1) is 5.92 Å². The molecule has 0 bridgehead atoms. The molecule has 1 aromatic rings. The molecule has 2 unspecified atom stereocenters. The summed E-state index contributed by atoms with van der Waals surface area (Å²) in [5, 5.41) is 0. The normalized spacial score (nSPS) is 22.1. The second kappa shape index (κ2) is 6.77. The van der Waals surface area contributed by atoms with Crippen molar-refractivity contribution >= 4 is 15.7 Å². The lowest BCUT2D eigenvalue weighted by atomic mass is 10.00.